The zero-order chi connectivity index (χ0) is 30.1. The summed E-state index contributed by atoms with van der Waals surface area (Å²) in [5.74, 6) is -0.555. The van der Waals surface area contributed by atoms with Crippen LogP contribution in [0.4, 0.5) is 11.4 Å². The number of rotatable bonds is 10. The Balaban J connectivity index is 1.42. The maximum absolute atomic E-state index is 13.3. The van der Waals surface area contributed by atoms with Crippen molar-refractivity contribution in [3.63, 3.8) is 0 Å². The Morgan fingerprint density at radius 2 is 1.50 bits per heavy atom. The molecule has 6 nitrogen and oxygen atoms in total. The van der Waals surface area contributed by atoms with Crippen LogP contribution in [0.2, 0.25) is 10.0 Å². The van der Waals surface area contributed by atoms with E-state index in [2.05, 4.69) is 29.8 Å². The number of hydrogen-bond acceptors (Lipinski definition) is 4. The van der Waals surface area contributed by atoms with Gasteiger partial charge < -0.3 is 16.0 Å². The second-order valence-corrected chi connectivity index (χ2v) is 11.5. The van der Waals surface area contributed by atoms with Crippen molar-refractivity contribution < 1.29 is 14.4 Å². The molecule has 0 spiro atoms. The number of carbonyl (C=O) groups is 3. The van der Waals surface area contributed by atoms with Crippen LogP contribution in [0.25, 0.3) is 6.08 Å². The average Bonchev–Trinajstić information content (AvgIpc) is 2.99. The number of hydrogen-bond donors (Lipinski definition) is 3. The van der Waals surface area contributed by atoms with Crippen LogP contribution >= 0.6 is 35.0 Å². The van der Waals surface area contributed by atoms with Crippen molar-refractivity contribution in [1.29, 1.82) is 0 Å². The Kier molecular flexibility index (Phi) is 10.8. The molecule has 214 valence electrons. The lowest BCUT2D eigenvalue weighted by atomic mass is 10.0. The summed E-state index contributed by atoms with van der Waals surface area (Å²) < 4.78 is 0. The van der Waals surface area contributed by atoms with Gasteiger partial charge in [0.2, 0.25) is 5.91 Å². The van der Waals surface area contributed by atoms with Gasteiger partial charge in [-0.1, -0.05) is 85.6 Å². The number of thioether (sulfide) groups is 1. The summed E-state index contributed by atoms with van der Waals surface area (Å²) in [6.45, 7) is 4.22. The summed E-state index contributed by atoms with van der Waals surface area (Å²) in [5, 5.41) is 9.01. The Morgan fingerprint density at radius 1 is 0.810 bits per heavy atom. The molecule has 4 rings (SSSR count). The highest BCUT2D eigenvalue weighted by Crippen LogP contribution is 2.30. The van der Waals surface area contributed by atoms with Crippen LogP contribution in [0, 0.1) is 0 Å². The topological polar surface area (TPSA) is 87.3 Å². The first-order valence-corrected chi connectivity index (χ1v) is 14.9. The minimum atomic E-state index is -0.467. The Bertz CT molecular complexity index is 1590. The molecule has 0 aliphatic heterocycles. The third-order valence-corrected chi connectivity index (χ3v) is 7.98. The van der Waals surface area contributed by atoms with E-state index in [9.17, 15) is 14.4 Å². The van der Waals surface area contributed by atoms with E-state index in [4.69, 9.17) is 23.2 Å². The van der Waals surface area contributed by atoms with E-state index in [0.29, 0.717) is 32.9 Å². The second-order valence-electron chi connectivity index (χ2n) is 9.62. The molecule has 0 heterocycles. The zero-order valence-electron chi connectivity index (χ0n) is 23.0. The molecule has 0 bridgehead atoms. The maximum atomic E-state index is 13.3. The highest BCUT2D eigenvalue weighted by atomic mass is 35.5. The third-order valence-electron chi connectivity index (χ3n) is 6.15. The van der Waals surface area contributed by atoms with Gasteiger partial charge in [0.05, 0.1) is 21.5 Å². The first-order valence-electron chi connectivity index (χ1n) is 13.2. The van der Waals surface area contributed by atoms with Gasteiger partial charge >= 0.3 is 0 Å². The molecule has 4 aromatic carbocycles. The molecular formula is C33H29Cl2N3O3S. The van der Waals surface area contributed by atoms with E-state index >= 15 is 0 Å². The van der Waals surface area contributed by atoms with Crippen molar-refractivity contribution >= 4 is 70.1 Å². The van der Waals surface area contributed by atoms with Crippen LogP contribution in [0.3, 0.4) is 0 Å². The van der Waals surface area contributed by atoms with Gasteiger partial charge in [0.25, 0.3) is 11.8 Å². The summed E-state index contributed by atoms with van der Waals surface area (Å²) in [6.07, 6.45) is 1.65. The van der Waals surface area contributed by atoms with Gasteiger partial charge in [0.1, 0.15) is 5.70 Å². The smallest absolute Gasteiger partial charge is 0.272 e. The molecule has 0 aliphatic rings. The lowest BCUT2D eigenvalue weighted by Gasteiger charge is -2.12. The lowest BCUT2D eigenvalue weighted by molar-refractivity contribution is -0.114. The van der Waals surface area contributed by atoms with Crippen LogP contribution in [0.15, 0.2) is 108 Å². The molecular weight excluding hydrogens is 589 g/mol. The molecule has 4 aromatic rings. The zero-order valence-corrected chi connectivity index (χ0v) is 25.3. The SMILES string of the molecule is CC(C)c1ccc(/C=C(\NC(=O)c2ccccc2)C(=O)Nc2ccc(SCC(=O)Nc3cccc(Cl)c3Cl)cc2)cc1. The number of carbonyl (C=O) groups excluding carboxylic acids is 3. The number of halogens is 2. The molecule has 0 saturated carbocycles. The molecule has 0 aliphatic carbocycles. The lowest BCUT2D eigenvalue weighted by Crippen LogP contribution is -2.30. The van der Waals surface area contributed by atoms with Crippen LogP contribution in [-0.2, 0) is 9.59 Å². The first-order chi connectivity index (χ1) is 20.2. The standard InChI is InChI=1S/C33H29Cl2N3O3S/c1-21(2)23-13-11-22(12-14-23)19-29(38-32(40)24-7-4-3-5-8-24)33(41)36-25-15-17-26(18-16-25)42-20-30(39)37-28-10-6-9-27(34)31(28)35/h3-19,21H,20H2,1-2H3,(H,36,41)(H,37,39)(H,38,40)/b29-19-. The summed E-state index contributed by atoms with van der Waals surface area (Å²) in [7, 11) is 0. The molecule has 3 N–H and O–H groups in total. The fourth-order valence-corrected chi connectivity index (χ4v) is 4.90. The van der Waals surface area contributed by atoms with Crippen LogP contribution in [0.1, 0.15) is 41.3 Å². The maximum Gasteiger partial charge on any atom is 0.272 e. The molecule has 0 unspecified atom stereocenters. The normalized spacial score (nSPS) is 11.2. The predicted molar refractivity (Wildman–Crippen MR) is 173 cm³/mol. The van der Waals surface area contributed by atoms with Gasteiger partial charge in [0, 0.05) is 16.1 Å². The van der Waals surface area contributed by atoms with E-state index in [-0.39, 0.29) is 23.3 Å². The van der Waals surface area contributed by atoms with E-state index in [0.717, 1.165) is 10.5 Å². The van der Waals surface area contributed by atoms with E-state index in [1.807, 2.05) is 30.3 Å². The summed E-state index contributed by atoms with van der Waals surface area (Å²) in [5.41, 5.74) is 3.49. The monoisotopic (exact) mass is 617 g/mol. The Hall–Kier alpha value is -4.04. The van der Waals surface area contributed by atoms with Crippen LogP contribution in [0.5, 0.6) is 0 Å². The van der Waals surface area contributed by atoms with Crippen LogP contribution < -0.4 is 16.0 Å². The summed E-state index contributed by atoms with van der Waals surface area (Å²) in [4.78, 5) is 39.4. The molecule has 42 heavy (non-hydrogen) atoms. The molecule has 0 atom stereocenters. The predicted octanol–water partition coefficient (Wildman–Crippen LogP) is 8.26. The fraction of sp³-hybridized carbons (Fsp3) is 0.121. The van der Waals surface area contributed by atoms with Gasteiger partial charge in [-0.3, -0.25) is 14.4 Å². The largest absolute Gasteiger partial charge is 0.324 e. The quantitative estimate of drug-likeness (QED) is 0.123. The van der Waals surface area contributed by atoms with Crippen molar-refractivity contribution in [2.75, 3.05) is 16.4 Å². The molecule has 0 radical (unpaired) electrons. The molecule has 3 amide bonds. The first kappa shape index (κ1) is 30.9. The Labute approximate surface area is 259 Å². The van der Waals surface area contributed by atoms with Gasteiger partial charge in [0.15, 0.2) is 0 Å². The number of benzene rings is 4. The highest BCUT2D eigenvalue weighted by Gasteiger charge is 2.16. The molecule has 0 saturated heterocycles. The van der Waals surface area contributed by atoms with Crippen LogP contribution in [-0.4, -0.2) is 23.5 Å². The number of amides is 3. The Morgan fingerprint density at radius 3 is 2.17 bits per heavy atom. The second kappa shape index (κ2) is 14.7. The van der Waals surface area contributed by atoms with Gasteiger partial charge in [-0.05, 0) is 71.7 Å². The molecule has 0 aromatic heterocycles. The average molecular weight is 619 g/mol. The number of nitrogens with one attached hydrogen (secondary N) is 3. The van der Waals surface area contributed by atoms with Crippen molar-refractivity contribution in [1.82, 2.24) is 5.32 Å². The molecule has 9 heteroatoms. The summed E-state index contributed by atoms with van der Waals surface area (Å²) in [6, 6.07) is 28.7. The number of anilines is 2. The third kappa shape index (κ3) is 8.73. The fourth-order valence-electron chi connectivity index (χ4n) is 3.85. The van der Waals surface area contributed by atoms with Crippen molar-refractivity contribution in [2.45, 2.75) is 24.7 Å². The summed E-state index contributed by atoms with van der Waals surface area (Å²) >= 11 is 13.5. The van der Waals surface area contributed by atoms with E-state index < -0.39 is 5.91 Å². The van der Waals surface area contributed by atoms with Crippen molar-refractivity contribution in [3.05, 3.63) is 129 Å². The minimum absolute atomic E-state index is 0.107. The minimum Gasteiger partial charge on any atom is -0.324 e. The van der Waals surface area contributed by atoms with Gasteiger partial charge in [-0.15, -0.1) is 11.8 Å². The van der Waals surface area contributed by atoms with E-state index in [1.165, 1.54) is 17.3 Å². The van der Waals surface area contributed by atoms with Crippen molar-refractivity contribution in [3.8, 4) is 0 Å². The van der Waals surface area contributed by atoms with Gasteiger partial charge in [-0.25, -0.2) is 0 Å². The van der Waals surface area contributed by atoms with Gasteiger partial charge in [-0.2, -0.15) is 0 Å². The highest BCUT2D eigenvalue weighted by molar-refractivity contribution is 8.00. The van der Waals surface area contributed by atoms with E-state index in [1.54, 1.807) is 72.8 Å². The molecule has 0 fully saturated rings. The van der Waals surface area contributed by atoms with Crippen molar-refractivity contribution in [2.24, 2.45) is 0 Å².